The van der Waals surface area contributed by atoms with Gasteiger partial charge in [-0.2, -0.15) is 0 Å². The standard InChI is InChI=1S/C30H34BrFN2O3/c1-4-21(3)33-30(36)27(18-23-11-7-6-8-12-23)34(19-24-13-9-10-14-26(24)32)29(35)20-37-28-16-15-22(5-2)17-25(28)31/h6-17,21,27H,4-5,18-20H2,1-3H3,(H,33,36)/t21-,27-/m0/s1. The van der Waals surface area contributed by atoms with Crippen molar-refractivity contribution in [3.05, 3.63) is 99.8 Å². The van der Waals surface area contributed by atoms with Gasteiger partial charge in [0.2, 0.25) is 5.91 Å². The normalized spacial score (nSPS) is 12.5. The Bertz CT molecular complexity index is 1190. The summed E-state index contributed by atoms with van der Waals surface area (Å²) in [6, 6.07) is 20.6. The molecule has 3 aromatic carbocycles. The van der Waals surface area contributed by atoms with E-state index in [1.807, 2.05) is 62.4 Å². The average molecular weight is 570 g/mol. The predicted octanol–water partition coefficient (Wildman–Crippen LogP) is 6.08. The number of nitrogens with zero attached hydrogens (tertiary/aromatic N) is 1. The topological polar surface area (TPSA) is 58.6 Å². The molecule has 3 rings (SSSR count). The van der Waals surface area contributed by atoms with Gasteiger partial charge in [0, 0.05) is 24.6 Å². The van der Waals surface area contributed by atoms with Crippen molar-refractivity contribution in [1.82, 2.24) is 10.2 Å². The van der Waals surface area contributed by atoms with E-state index >= 15 is 0 Å². The number of nitrogens with one attached hydrogen (secondary N) is 1. The first-order valence-electron chi connectivity index (χ1n) is 12.6. The van der Waals surface area contributed by atoms with Crippen LogP contribution in [0.1, 0.15) is 43.9 Å². The summed E-state index contributed by atoms with van der Waals surface area (Å²) < 4.78 is 21.3. The minimum absolute atomic E-state index is 0.0593. The lowest BCUT2D eigenvalue weighted by Gasteiger charge is -2.32. The summed E-state index contributed by atoms with van der Waals surface area (Å²) in [7, 11) is 0. The van der Waals surface area contributed by atoms with Gasteiger partial charge >= 0.3 is 0 Å². The first kappa shape index (κ1) is 28.4. The van der Waals surface area contributed by atoms with Crippen LogP contribution in [0.4, 0.5) is 4.39 Å². The van der Waals surface area contributed by atoms with E-state index < -0.39 is 17.8 Å². The van der Waals surface area contributed by atoms with Crippen LogP contribution in [-0.2, 0) is 29.0 Å². The maximum atomic E-state index is 14.7. The quantitative estimate of drug-likeness (QED) is 0.288. The van der Waals surface area contributed by atoms with Crippen molar-refractivity contribution in [3.8, 4) is 5.75 Å². The highest BCUT2D eigenvalue weighted by Crippen LogP contribution is 2.26. The van der Waals surface area contributed by atoms with Crippen LogP contribution >= 0.6 is 15.9 Å². The maximum Gasteiger partial charge on any atom is 0.261 e. The van der Waals surface area contributed by atoms with Crippen LogP contribution in [-0.4, -0.2) is 35.4 Å². The van der Waals surface area contributed by atoms with E-state index in [0.29, 0.717) is 11.3 Å². The van der Waals surface area contributed by atoms with E-state index in [4.69, 9.17) is 4.74 Å². The van der Waals surface area contributed by atoms with Crippen LogP contribution in [0.5, 0.6) is 5.75 Å². The fourth-order valence-corrected chi connectivity index (χ4v) is 4.45. The molecular formula is C30H34BrFN2O3. The highest BCUT2D eigenvalue weighted by atomic mass is 79.9. The van der Waals surface area contributed by atoms with Crippen molar-refractivity contribution >= 4 is 27.7 Å². The lowest BCUT2D eigenvalue weighted by Crippen LogP contribution is -2.53. The first-order valence-corrected chi connectivity index (χ1v) is 13.4. The molecule has 0 bridgehead atoms. The van der Waals surface area contributed by atoms with Gasteiger partial charge in [0.25, 0.3) is 5.91 Å². The van der Waals surface area contributed by atoms with Gasteiger partial charge in [-0.3, -0.25) is 9.59 Å². The lowest BCUT2D eigenvalue weighted by atomic mass is 10.0. The molecule has 0 radical (unpaired) electrons. The Morgan fingerprint density at radius 3 is 2.35 bits per heavy atom. The van der Waals surface area contributed by atoms with Crippen LogP contribution < -0.4 is 10.1 Å². The molecule has 3 aromatic rings. The van der Waals surface area contributed by atoms with Crippen molar-refractivity contribution in [3.63, 3.8) is 0 Å². The van der Waals surface area contributed by atoms with Gasteiger partial charge < -0.3 is 15.0 Å². The molecule has 0 aliphatic rings. The maximum absolute atomic E-state index is 14.7. The predicted molar refractivity (Wildman–Crippen MR) is 148 cm³/mol. The van der Waals surface area contributed by atoms with Crippen molar-refractivity contribution in [2.24, 2.45) is 0 Å². The number of aryl methyl sites for hydroxylation is 1. The molecule has 2 amide bonds. The van der Waals surface area contributed by atoms with Crippen molar-refractivity contribution < 1.29 is 18.7 Å². The van der Waals surface area contributed by atoms with Gasteiger partial charge in [0.05, 0.1) is 4.47 Å². The summed E-state index contributed by atoms with van der Waals surface area (Å²) in [5.41, 5.74) is 2.37. The minimum atomic E-state index is -0.849. The Balaban J connectivity index is 1.93. The molecule has 0 heterocycles. The van der Waals surface area contributed by atoms with Crippen molar-refractivity contribution in [2.75, 3.05) is 6.61 Å². The fourth-order valence-electron chi connectivity index (χ4n) is 3.91. The van der Waals surface area contributed by atoms with Crippen molar-refractivity contribution in [2.45, 2.75) is 58.7 Å². The number of ether oxygens (including phenoxy) is 1. The molecule has 2 atom stereocenters. The molecule has 37 heavy (non-hydrogen) atoms. The molecular weight excluding hydrogens is 535 g/mol. The minimum Gasteiger partial charge on any atom is -0.483 e. The van der Waals surface area contributed by atoms with Gasteiger partial charge in [-0.15, -0.1) is 0 Å². The molecule has 196 valence electrons. The summed E-state index contributed by atoms with van der Waals surface area (Å²) in [5.74, 6) is -0.591. The number of hydrogen-bond donors (Lipinski definition) is 1. The van der Waals surface area contributed by atoms with Crippen LogP contribution in [0.25, 0.3) is 0 Å². The molecule has 0 aromatic heterocycles. The number of carbonyl (C=O) groups is 2. The first-order chi connectivity index (χ1) is 17.8. The molecule has 0 aliphatic carbocycles. The molecule has 0 aliphatic heterocycles. The zero-order valence-electron chi connectivity index (χ0n) is 21.5. The second kappa shape index (κ2) is 13.9. The summed E-state index contributed by atoms with van der Waals surface area (Å²) >= 11 is 3.51. The van der Waals surface area contributed by atoms with Crippen LogP contribution in [0.3, 0.4) is 0 Å². The second-order valence-corrected chi connectivity index (χ2v) is 9.90. The third-order valence-electron chi connectivity index (χ3n) is 6.33. The number of amides is 2. The Morgan fingerprint density at radius 2 is 1.70 bits per heavy atom. The molecule has 0 saturated carbocycles. The highest BCUT2D eigenvalue weighted by Gasteiger charge is 2.31. The summed E-state index contributed by atoms with van der Waals surface area (Å²) in [6.45, 7) is 5.61. The molecule has 1 N–H and O–H groups in total. The Morgan fingerprint density at radius 1 is 1.00 bits per heavy atom. The Kier molecular flexibility index (Phi) is 10.7. The zero-order chi connectivity index (χ0) is 26.8. The van der Waals surface area contributed by atoms with Crippen LogP contribution in [0, 0.1) is 5.82 Å². The lowest BCUT2D eigenvalue weighted by molar-refractivity contribution is -0.143. The molecule has 0 saturated heterocycles. The zero-order valence-corrected chi connectivity index (χ0v) is 23.1. The summed E-state index contributed by atoms with van der Waals surface area (Å²) in [6.07, 6.45) is 1.91. The van der Waals surface area contributed by atoms with Crippen LogP contribution in [0.15, 0.2) is 77.3 Å². The largest absolute Gasteiger partial charge is 0.483 e. The smallest absolute Gasteiger partial charge is 0.261 e. The summed E-state index contributed by atoms with van der Waals surface area (Å²) in [4.78, 5) is 28.6. The third-order valence-corrected chi connectivity index (χ3v) is 6.95. The van der Waals surface area contributed by atoms with E-state index in [1.54, 1.807) is 18.2 Å². The molecule has 0 unspecified atom stereocenters. The monoisotopic (exact) mass is 568 g/mol. The van der Waals surface area contributed by atoms with E-state index in [0.717, 1.165) is 28.4 Å². The van der Waals surface area contributed by atoms with Gasteiger partial charge in [0.1, 0.15) is 17.6 Å². The van der Waals surface area contributed by atoms with Gasteiger partial charge in [0.15, 0.2) is 6.61 Å². The van der Waals surface area contributed by atoms with Gasteiger partial charge in [-0.25, -0.2) is 4.39 Å². The van der Waals surface area contributed by atoms with E-state index in [1.165, 1.54) is 11.0 Å². The Hall–Kier alpha value is -3.19. The highest BCUT2D eigenvalue weighted by molar-refractivity contribution is 9.10. The van der Waals surface area contributed by atoms with Crippen molar-refractivity contribution in [1.29, 1.82) is 0 Å². The van der Waals surface area contributed by atoms with E-state index in [2.05, 4.69) is 28.2 Å². The SMILES string of the molecule is CCc1ccc(OCC(=O)N(Cc2ccccc2F)[C@@H](Cc2ccccc2)C(=O)N[C@@H](C)CC)c(Br)c1. The molecule has 5 nitrogen and oxygen atoms in total. The van der Waals surface area contributed by atoms with Gasteiger partial charge in [-0.1, -0.05) is 68.4 Å². The number of benzene rings is 3. The van der Waals surface area contributed by atoms with Gasteiger partial charge in [-0.05, 0) is 65.0 Å². The fraction of sp³-hybridized carbons (Fsp3) is 0.333. The van der Waals surface area contributed by atoms with E-state index in [9.17, 15) is 14.0 Å². The Labute approximate surface area is 227 Å². The molecule has 0 spiro atoms. The third kappa shape index (κ3) is 8.15. The summed E-state index contributed by atoms with van der Waals surface area (Å²) in [5, 5.41) is 3.01. The molecule has 7 heteroatoms. The number of rotatable bonds is 12. The number of carbonyl (C=O) groups excluding carboxylic acids is 2. The van der Waals surface area contributed by atoms with E-state index in [-0.39, 0.29) is 31.5 Å². The van der Waals surface area contributed by atoms with Crippen LogP contribution in [0.2, 0.25) is 0 Å². The second-order valence-electron chi connectivity index (χ2n) is 9.04. The number of hydrogen-bond acceptors (Lipinski definition) is 3. The average Bonchev–Trinajstić information content (AvgIpc) is 2.91. The number of halogens is 2. The molecule has 0 fully saturated rings.